The van der Waals surface area contributed by atoms with Crippen LogP contribution in [0.25, 0.3) is 0 Å². The fraction of sp³-hybridized carbons (Fsp3) is 0.500. The Bertz CT molecular complexity index is 2100. The molecule has 2 aliphatic heterocycles. The van der Waals surface area contributed by atoms with Crippen molar-refractivity contribution in [2.75, 3.05) is 38.8 Å². The van der Waals surface area contributed by atoms with Gasteiger partial charge in [0.25, 0.3) is 8.32 Å². The Kier molecular flexibility index (Phi) is 15.1. The van der Waals surface area contributed by atoms with E-state index in [1.807, 2.05) is 63.2 Å². The van der Waals surface area contributed by atoms with Gasteiger partial charge in [-0.25, -0.2) is 0 Å². The summed E-state index contributed by atoms with van der Waals surface area (Å²) in [4.78, 5) is 33.9. The lowest BCUT2D eigenvalue weighted by molar-refractivity contribution is -0.141. The summed E-state index contributed by atoms with van der Waals surface area (Å²) >= 11 is 0. The van der Waals surface area contributed by atoms with Crippen LogP contribution < -0.4 is 20.6 Å². The lowest BCUT2D eigenvalue weighted by Gasteiger charge is -2.44. The Labute approximate surface area is 372 Å². The number of likely N-dealkylation sites (tertiary alicyclic amines) is 1. The molecule has 332 valence electrons. The molecule has 0 spiro atoms. The quantitative estimate of drug-likeness (QED) is 0.0775. The minimum atomic E-state index is -3.03. The van der Waals surface area contributed by atoms with Gasteiger partial charge < -0.3 is 33.5 Å². The van der Waals surface area contributed by atoms with Crippen molar-refractivity contribution in [2.24, 2.45) is 11.8 Å². The van der Waals surface area contributed by atoms with Crippen LogP contribution in [0.5, 0.6) is 0 Å². The smallest absolute Gasteiger partial charge is 0.261 e. The van der Waals surface area contributed by atoms with Crippen LogP contribution in [0.3, 0.4) is 0 Å². The molecule has 2 fully saturated rings. The molecular weight excluding hydrogens is 809 g/mol. The first kappa shape index (κ1) is 47.0. The summed E-state index contributed by atoms with van der Waals surface area (Å²) in [5.74, 6) is 3.62. The van der Waals surface area contributed by atoms with Gasteiger partial charge in [0.05, 0.1) is 12.1 Å². The van der Waals surface area contributed by atoms with E-state index in [4.69, 9.17) is 18.4 Å². The second-order valence-electron chi connectivity index (χ2n) is 19.5. The van der Waals surface area contributed by atoms with Crippen molar-refractivity contribution in [3.8, 4) is 11.5 Å². The number of aromatic nitrogens is 1. The van der Waals surface area contributed by atoms with Crippen molar-refractivity contribution < 1.29 is 28.0 Å². The van der Waals surface area contributed by atoms with Gasteiger partial charge in [0.1, 0.15) is 20.0 Å². The molecule has 2 saturated heterocycles. The molecule has 4 aromatic rings. The molecule has 1 N–H and O–H groups in total. The summed E-state index contributed by atoms with van der Waals surface area (Å²) in [6, 6.07) is 29.9. The number of amides is 2. The average molecular weight is 877 g/mol. The molecule has 12 heteroatoms. The van der Waals surface area contributed by atoms with E-state index in [9.17, 15) is 4.79 Å². The topological polar surface area (TPSA) is 106 Å². The first-order valence-corrected chi connectivity index (χ1v) is 27.7. The Balaban J connectivity index is 1.31. The van der Waals surface area contributed by atoms with Crippen molar-refractivity contribution in [3.05, 3.63) is 108 Å². The number of hydrogen-bond acceptors (Lipinski definition) is 8. The Hall–Kier alpha value is -4.52. The molecule has 0 bridgehead atoms. The van der Waals surface area contributed by atoms with Crippen LogP contribution in [0.1, 0.15) is 89.7 Å². The van der Waals surface area contributed by atoms with Crippen LogP contribution in [0.2, 0.25) is 24.7 Å². The monoisotopic (exact) mass is 876 g/mol. The highest BCUT2D eigenvalue weighted by Gasteiger charge is 2.54. The van der Waals surface area contributed by atoms with Crippen molar-refractivity contribution >= 4 is 44.4 Å². The fourth-order valence-electron chi connectivity index (χ4n) is 9.19. The van der Waals surface area contributed by atoms with Gasteiger partial charge in [0.15, 0.2) is 17.9 Å². The highest BCUT2D eigenvalue weighted by molar-refractivity contribution is 6.99. The molecular formula is C50H68N4O6Si2. The van der Waals surface area contributed by atoms with Gasteiger partial charge in [-0.3, -0.25) is 9.59 Å². The van der Waals surface area contributed by atoms with Gasteiger partial charge in [-0.05, 0) is 58.8 Å². The number of hydrogen-bond donors (Lipinski definition) is 1. The predicted molar refractivity (Wildman–Crippen MR) is 253 cm³/mol. The number of nitrogens with one attached hydrogen (secondary N) is 1. The van der Waals surface area contributed by atoms with E-state index in [0.717, 1.165) is 47.4 Å². The lowest BCUT2D eigenvalue weighted by atomic mass is 9.91. The molecule has 2 amide bonds. The lowest BCUT2D eigenvalue weighted by Crippen LogP contribution is -2.67. The van der Waals surface area contributed by atoms with Gasteiger partial charge in [0, 0.05) is 57.8 Å². The third-order valence-electron chi connectivity index (χ3n) is 12.4. The maximum atomic E-state index is 15.2. The predicted octanol–water partition coefficient (Wildman–Crippen LogP) is 7.90. The first-order chi connectivity index (χ1) is 29.4. The van der Waals surface area contributed by atoms with Gasteiger partial charge in [0.2, 0.25) is 11.8 Å². The van der Waals surface area contributed by atoms with Crippen molar-refractivity contribution in [1.82, 2.24) is 15.4 Å². The van der Waals surface area contributed by atoms with Crippen molar-refractivity contribution in [1.29, 1.82) is 0 Å². The van der Waals surface area contributed by atoms with E-state index < -0.39 is 34.5 Å². The molecule has 0 aliphatic carbocycles. The molecule has 3 heterocycles. The normalized spacial score (nSPS) is 18.7. The zero-order valence-corrected chi connectivity index (χ0v) is 40.7. The molecule has 6 rings (SSSR count). The molecule has 0 unspecified atom stereocenters. The number of benzene rings is 3. The number of carbonyl (C=O) groups excluding carboxylic acids is 2. The standard InChI is InChI=1S/C50H68N4O6Si2/c1-35(2)46(44-33-45(52-59-44)53-29-26-39(27-30-53)49(57-7)58-8)48(56)54-34-40(60-62(50(4,5)6,41-18-14-12-15-19-41)42-20-16-13-17-21-42)32-43(54)47(55)51-36(3)38-24-22-37(23-25-38)28-31-61(9,10)11/h12-25,33,35-36,39-40,43,46,49H,26-27,29-30,32,34H2,1-11H3,(H,51,55)/t36-,40+,43-,46-/m0/s1. The van der Waals surface area contributed by atoms with E-state index in [2.05, 4.69) is 116 Å². The summed E-state index contributed by atoms with van der Waals surface area (Å²) < 4.78 is 24.8. The molecule has 10 nitrogen and oxygen atoms in total. The zero-order chi connectivity index (χ0) is 44.8. The molecule has 1 aromatic heterocycles. The van der Waals surface area contributed by atoms with Crippen molar-refractivity contribution in [2.45, 2.75) is 116 Å². The van der Waals surface area contributed by atoms with E-state index in [0.29, 0.717) is 18.0 Å². The maximum Gasteiger partial charge on any atom is 0.261 e. The number of anilines is 1. The summed E-state index contributed by atoms with van der Waals surface area (Å²) in [7, 11) is -1.20. The fourth-order valence-corrected chi connectivity index (χ4v) is 14.4. The summed E-state index contributed by atoms with van der Waals surface area (Å²) in [5, 5.41) is 9.78. The third-order valence-corrected chi connectivity index (χ3v) is 18.4. The van der Waals surface area contributed by atoms with Gasteiger partial charge >= 0.3 is 0 Å². The Morgan fingerprint density at radius 1 is 0.871 bits per heavy atom. The summed E-state index contributed by atoms with van der Waals surface area (Å²) in [6.45, 7) is 21.2. The number of carbonyl (C=O) groups is 2. The second-order valence-corrected chi connectivity index (χ2v) is 28.5. The van der Waals surface area contributed by atoms with Crippen molar-refractivity contribution in [3.63, 3.8) is 0 Å². The highest BCUT2D eigenvalue weighted by atomic mass is 28.4. The number of nitrogens with zero attached hydrogens (tertiary/aromatic N) is 3. The van der Waals surface area contributed by atoms with Crippen LogP contribution in [-0.2, 0) is 23.5 Å². The third kappa shape index (κ3) is 10.6. The van der Waals surface area contributed by atoms with Crippen LogP contribution in [-0.4, -0.2) is 90.6 Å². The largest absolute Gasteiger partial charge is 0.403 e. The minimum absolute atomic E-state index is 0.139. The van der Waals surface area contributed by atoms with Gasteiger partial charge in [-0.2, -0.15) is 0 Å². The first-order valence-electron chi connectivity index (χ1n) is 22.3. The average Bonchev–Trinajstić information content (AvgIpc) is 3.91. The summed E-state index contributed by atoms with van der Waals surface area (Å²) in [5.41, 5.74) is 5.35. The zero-order valence-electron chi connectivity index (χ0n) is 38.7. The highest BCUT2D eigenvalue weighted by Crippen LogP contribution is 2.40. The molecule has 0 saturated carbocycles. The molecule has 2 aliphatic rings. The van der Waals surface area contributed by atoms with E-state index in [1.54, 1.807) is 19.1 Å². The molecule has 0 radical (unpaired) electrons. The summed E-state index contributed by atoms with van der Waals surface area (Å²) in [6.07, 6.45) is 1.46. The van der Waals surface area contributed by atoms with Crippen LogP contribution >= 0.6 is 0 Å². The maximum absolute atomic E-state index is 15.2. The molecule has 3 aromatic carbocycles. The number of methoxy groups -OCH3 is 2. The second kappa shape index (κ2) is 19.9. The number of ether oxygens (including phenoxy) is 2. The van der Waals surface area contributed by atoms with E-state index in [-0.39, 0.29) is 47.6 Å². The Morgan fingerprint density at radius 3 is 1.97 bits per heavy atom. The molecule has 62 heavy (non-hydrogen) atoms. The van der Waals surface area contributed by atoms with E-state index in [1.165, 1.54) is 0 Å². The SMILES string of the molecule is COC(OC)C1CCN(c2cc([C@@H](C(=O)N3C[C@H](O[Si](c4ccccc4)(c4ccccc4)C(C)(C)C)C[C@H]3C(=O)N[C@@H](C)c3ccc(C#C[Si](C)(C)C)cc3)C(C)C)on2)CC1. The van der Waals surface area contributed by atoms with E-state index >= 15 is 4.79 Å². The van der Waals surface area contributed by atoms with Gasteiger partial charge in [-0.1, -0.05) is 138 Å². The van der Waals surface area contributed by atoms with Gasteiger partial charge in [-0.15, -0.1) is 5.54 Å². The van der Waals surface area contributed by atoms with Crippen LogP contribution in [0, 0.1) is 23.3 Å². The van der Waals surface area contributed by atoms with Crippen LogP contribution in [0.15, 0.2) is 95.5 Å². The Morgan fingerprint density at radius 2 is 1.45 bits per heavy atom. The minimum Gasteiger partial charge on any atom is -0.403 e. The molecule has 4 atom stereocenters. The number of piperidine rings is 1. The number of rotatable bonds is 14. The van der Waals surface area contributed by atoms with Crippen LogP contribution in [0.4, 0.5) is 5.82 Å².